The molecule has 0 radical (unpaired) electrons. The van der Waals surface area contributed by atoms with Gasteiger partial charge in [-0.05, 0) is 6.07 Å². The summed E-state index contributed by atoms with van der Waals surface area (Å²) in [7, 11) is 0. The minimum absolute atomic E-state index is 0.321. The van der Waals surface area contributed by atoms with Crippen molar-refractivity contribution in [2.75, 3.05) is 11.1 Å². The lowest BCUT2D eigenvalue weighted by Gasteiger charge is -2.03. The van der Waals surface area contributed by atoms with Crippen LogP contribution in [0.4, 0.5) is 11.4 Å². The van der Waals surface area contributed by atoms with Crippen LogP contribution >= 0.6 is 0 Å². The largest absolute Gasteiger partial charge is 0.397 e. The van der Waals surface area contributed by atoms with Gasteiger partial charge in [-0.25, -0.2) is 0 Å². The number of nitrogens with two attached hydrogens (primary N) is 1. The van der Waals surface area contributed by atoms with E-state index in [0.29, 0.717) is 16.9 Å². The van der Waals surface area contributed by atoms with Crippen molar-refractivity contribution in [3.8, 4) is 0 Å². The molecule has 0 bridgehead atoms. The lowest BCUT2D eigenvalue weighted by atomic mass is 10.2. The first-order valence-electron chi connectivity index (χ1n) is 4.17. The van der Waals surface area contributed by atoms with E-state index in [2.05, 4.69) is 20.0 Å². The van der Waals surface area contributed by atoms with Gasteiger partial charge in [-0.3, -0.25) is 9.78 Å². The number of hydrogen-bond donors (Lipinski definition) is 2. The van der Waals surface area contributed by atoms with E-state index in [4.69, 9.17) is 5.73 Å². The molecule has 0 fully saturated rings. The molecule has 6 nitrogen and oxygen atoms in total. The highest BCUT2D eigenvalue weighted by Crippen LogP contribution is 2.12. The Kier molecular flexibility index (Phi) is 2.32. The van der Waals surface area contributed by atoms with Gasteiger partial charge < -0.3 is 15.6 Å². The van der Waals surface area contributed by atoms with Crippen molar-refractivity contribution in [1.82, 2.24) is 10.1 Å². The van der Waals surface area contributed by atoms with E-state index < -0.39 is 0 Å². The maximum absolute atomic E-state index is 11.6. The zero-order valence-corrected chi connectivity index (χ0v) is 7.68. The summed E-state index contributed by atoms with van der Waals surface area (Å²) in [4.78, 5) is 15.4. The van der Waals surface area contributed by atoms with Crippen LogP contribution in [0, 0.1) is 0 Å². The number of amides is 1. The number of rotatable bonds is 2. The maximum atomic E-state index is 11.6. The monoisotopic (exact) mass is 204 g/mol. The zero-order valence-electron chi connectivity index (χ0n) is 7.68. The SMILES string of the molecule is Nc1cnccc1C(=O)Nc1cnoc1. The average molecular weight is 204 g/mol. The van der Waals surface area contributed by atoms with Crippen LogP contribution in [0.5, 0.6) is 0 Å². The molecule has 76 valence electrons. The maximum Gasteiger partial charge on any atom is 0.257 e. The number of nitrogen functional groups attached to an aromatic ring is 1. The van der Waals surface area contributed by atoms with E-state index >= 15 is 0 Å². The lowest BCUT2D eigenvalue weighted by Crippen LogP contribution is -2.13. The Balaban J connectivity index is 2.19. The van der Waals surface area contributed by atoms with Crippen LogP contribution in [0.25, 0.3) is 0 Å². The van der Waals surface area contributed by atoms with Gasteiger partial charge in [0.1, 0.15) is 12.0 Å². The molecule has 2 aromatic rings. The number of aromatic nitrogens is 2. The van der Waals surface area contributed by atoms with Crippen molar-refractivity contribution in [2.45, 2.75) is 0 Å². The van der Waals surface area contributed by atoms with Crippen molar-refractivity contribution in [3.05, 3.63) is 36.5 Å². The molecule has 0 aromatic carbocycles. The predicted octanol–water partition coefficient (Wildman–Crippen LogP) is 0.904. The van der Waals surface area contributed by atoms with E-state index in [1.54, 1.807) is 0 Å². The lowest BCUT2D eigenvalue weighted by molar-refractivity contribution is 0.102. The summed E-state index contributed by atoms with van der Waals surface area (Å²) in [5, 5.41) is 6.03. The number of carbonyl (C=O) groups excluding carboxylic acids is 1. The average Bonchev–Trinajstić information content (AvgIpc) is 2.71. The third-order valence-corrected chi connectivity index (χ3v) is 1.79. The van der Waals surface area contributed by atoms with Crippen LogP contribution in [-0.2, 0) is 0 Å². The first-order chi connectivity index (χ1) is 7.27. The molecule has 0 saturated carbocycles. The van der Waals surface area contributed by atoms with Crippen molar-refractivity contribution >= 4 is 17.3 Å². The Morgan fingerprint density at radius 1 is 1.47 bits per heavy atom. The Labute approximate surface area is 85.1 Å². The number of anilines is 2. The zero-order chi connectivity index (χ0) is 10.7. The Hall–Kier alpha value is -2.37. The molecule has 0 aliphatic rings. The van der Waals surface area contributed by atoms with Gasteiger partial charge >= 0.3 is 0 Å². The van der Waals surface area contributed by atoms with Crippen LogP contribution < -0.4 is 11.1 Å². The van der Waals surface area contributed by atoms with E-state index in [0.717, 1.165) is 0 Å². The summed E-state index contributed by atoms with van der Waals surface area (Å²) in [6.07, 6.45) is 5.64. The van der Waals surface area contributed by atoms with Crippen LogP contribution in [0.1, 0.15) is 10.4 Å². The Morgan fingerprint density at radius 3 is 3.00 bits per heavy atom. The number of nitrogens with zero attached hydrogens (tertiary/aromatic N) is 2. The standard InChI is InChI=1S/C9H8N4O2/c10-8-4-11-2-1-7(8)9(14)13-6-3-12-15-5-6/h1-5H,10H2,(H,13,14). The molecule has 0 spiro atoms. The van der Waals surface area contributed by atoms with Gasteiger partial charge in [0.05, 0.1) is 23.6 Å². The number of carbonyl (C=O) groups is 1. The second-order valence-corrected chi connectivity index (χ2v) is 2.83. The highest BCUT2D eigenvalue weighted by Gasteiger charge is 2.09. The second kappa shape index (κ2) is 3.79. The fraction of sp³-hybridized carbons (Fsp3) is 0. The van der Waals surface area contributed by atoms with Crippen LogP contribution in [0.3, 0.4) is 0 Å². The summed E-state index contributed by atoms with van der Waals surface area (Å²) in [6, 6.07) is 1.54. The quantitative estimate of drug-likeness (QED) is 0.758. The Morgan fingerprint density at radius 2 is 2.33 bits per heavy atom. The summed E-state index contributed by atoms with van der Waals surface area (Å²) in [6.45, 7) is 0. The topological polar surface area (TPSA) is 94.0 Å². The molecule has 0 atom stereocenters. The van der Waals surface area contributed by atoms with Gasteiger partial charge in [-0.15, -0.1) is 0 Å². The normalized spacial score (nSPS) is 9.87. The highest BCUT2D eigenvalue weighted by molar-refractivity contribution is 6.07. The van der Waals surface area contributed by atoms with Crippen molar-refractivity contribution in [3.63, 3.8) is 0 Å². The molecule has 0 aliphatic carbocycles. The van der Waals surface area contributed by atoms with Crippen LogP contribution in [-0.4, -0.2) is 16.0 Å². The molecular weight excluding hydrogens is 196 g/mol. The van der Waals surface area contributed by atoms with E-state index in [-0.39, 0.29) is 5.91 Å². The number of pyridine rings is 1. The molecule has 6 heteroatoms. The molecule has 0 unspecified atom stereocenters. The molecule has 2 rings (SSSR count). The van der Waals surface area contributed by atoms with Gasteiger partial charge in [0.25, 0.3) is 5.91 Å². The van der Waals surface area contributed by atoms with Crippen molar-refractivity contribution < 1.29 is 9.32 Å². The summed E-state index contributed by atoms with van der Waals surface area (Å²) in [5.74, 6) is -0.321. The van der Waals surface area contributed by atoms with Gasteiger partial charge in [-0.2, -0.15) is 0 Å². The fourth-order valence-electron chi connectivity index (χ4n) is 1.08. The minimum Gasteiger partial charge on any atom is -0.397 e. The van der Waals surface area contributed by atoms with Crippen LogP contribution in [0.2, 0.25) is 0 Å². The highest BCUT2D eigenvalue weighted by atomic mass is 16.5. The predicted molar refractivity (Wildman–Crippen MR) is 53.1 cm³/mol. The molecular formula is C9H8N4O2. The Bertz CT molecular complexity index is 467. The molecule has 1 amide bonds. The first kappa shape index (κ1) is 9.20. The molecule has 2 heterocycles. The summed E-state index contributed by atoms with van der Waals surface area (Å²) in [5.41, 5.74) is 6.76. The third kappa shape index (κ3) is 1.93. The molecule has 0 saturated heterocycles. The third-order valence-electron chi connectivity index (χ3n) is 1.79. The fourth-order valence-corrected chi connectivity index (χ4v) is 1.08. The smallest absolute Gasteiger partial charge is 0.257 e. The van der Waals surface area contributed by atoms with E-state index in [9.17, 15) is 4.79 Å². The van der Waals surface area contributed by atoms with E-state index in [1.807, 2.05) is 0 Å². The minimum atomic E-state index is -0.321. The van der Waals surface area contributed by atoms with E-state index in [1.165, 1.54) is 30.9 Å². The van der Waals surface area contributed by atoms with Crippen molar-refractivity contribution in [1.29, 1.82) is 0 Å². The molecule has 0 aliphatic heterocycles. The number of nitrogens with one attached hydrogen (secondary N) is 1. The molecule has 3 N–H and O–H groups in total. The summed E-state index contributed by atoms with van der Waals surface area (Å²) < 4.78 is 4.57. The first-order valence-corrected chi connectivity index (χ1v) is 4.17. The molecule has 2 aromatic heterocycles. The summed E-state index contributed by atoms with van der Waals surface area (Å²) >= 11 is 0. The van der Waals surface area contributed by atoms with Crippen molar-refractivity contribution in [2.24, 2.45) is 0 Å². The number of hydrogen-bond acceptors (Lipinski definition) is 5. The molecule has 15 heavy (non-hydrogen) atoms. The van der Waals surface area contributed by atoms with Gasteiger partial charge in [-0.1, -0.05) is 5.16 Å². The van der Waals surface area contributed by atoms with Gasteiger partial charge in [0.2, 0.25) is 0 Å². The second-order valence-electron chi connectivity index (χ2n) is 2.83. The van der Waals surface area contributed by atoms with Gasteiger partial charge in [0, 0.05) is 6.20 Å². The van der Waals surface area contributed by atoms with Crippen LogP contribution in [0.15, 0.2) is 35.4 Å². The van der Waals surface area contributed by atoms with Gasteiger partial charge in [0.15, 0.2) is 0 Å².